The number of hydrogen-bond donors (Lipinski definition) is 0. The minimum absolute atomic E-state index is 0.151. The Morgan fingerprint density at radius 2 is 1.47 bits per heavy atom. The van der Waals surface area contributed by atoms with E-state index in [0.717, 1.165) is 47.6 Å². The normalized spacial score (nSPS) is 14.1. The van der Waals surface area contributed by atoms with E-state index in [4.69, 9.17) is 4.74 Å². The van der Waals surface area contributed by atoms with Crippen molar-refractivity contribution in [3.05, 3.63) is 137 Å². The molecule has 0 bridgehead atoms. The number of amides is 2. The summed E-state index contributed by atoms with van der Waals surface area (Å²) in [6.07, 6.45) is 2.14. The molecule has 1 atom stereocenters. The van der Waals surface area contributed by atoms with Gasteiger partial charge in [0.2, 0.25) is 11.8 Å². The maximum atomic E-state index is 14.4. The molecule has 1 saturated heterocycles. The summed E-state index contributed by atoms with van der Waals surface area (Å²) in [6.45, 7) is 4.78. The molecular weight excluding hydrogens is 655 g/mol. The number of hydrogen-bond acceptors (Lipinski definition) is 6. The van der Waals surface area contributed by atoms with Gasteiger partial charge in [-0.15, -0.1) is 0 Å². The van der Waals surface area contributed by atoms with Crippen molar-refractivity contribution < 1.29 is 27.5 Å². The first-order valence-electron chi connectivity index (χ1n) is 17.0. The van der Waals surface area contributed by atoms with Crippen LogP contribution in [0.3, 0.4) is 0 Å². The molecule has 0 N–H and O–H groups in total. The number of carbonyl (C=O) groups is 2. The van der Waals surface area contributed by atoms with Gasteiger partial charge in [0.1, 0.15) is 6.04 Å². The fourth-order valence-electron chi connectivity index (χ4n) is 5.95. The van der Waals surface area contributed by atoms with Gasteiger partial charge in [-0.25, -0.2) is 0 Å². The number of pyridine rings is 1. The average molecular weight is 700 g/mol. The van der Waals surface area contributed by atoms with Crippen LogP contribution in [0.25, 0.3) is 6.08 Å². The van der Waals surface area contributed by atoms with Gasteiger partial charge in [-0.3, -0.25) is 14.6 Å². The fourth-order valence-corrected chi connectivity index (χ4v) is 5.95. The van der Waals surface area contributed by atoms with Gasteiger partial charge in [0.15, 0.2) is 0 Å². The molecule has 3 aromatic carbocycles. The summed E-state index contributed by atoms with van der Waals surface area (Å²) in [5, 5.41) is 0. The van der Waals surface area contributed by atoms with Crippen LogP contribution < -0.4 is 4.90 Å². The zero-order valence-corrected chi connectivity index (χ0v) is 29.0. The predicted molar refractivity (Wildman–Crippen MR) is 193 cm³/mol. The van der Waals surface area contributed by atoms with Gasteiger partial charge in [-0.05, 0) is 71.8 Å². The van der Waals surface area contributed by atoms with Crippen LogP contribution in [0.1, 0.15) is 27.8 Å². The lowest BCUT2D eigenvalue weighted by Gasteiger charge is -2.34. The largest absolute Gasteiger partial charge is 0.416 e. The summed E-state index contributed by atoms with van der Waals surface area (Å²) < 4.78 is 45.0. The van der Waals surface area contributed by atoms with E-state index in [1.54, 1.807) is 29.2 Å². The van der Waals surface area contributed by atoms with E-state index in [9.17, 15) is 22.8 Å². The van der Waals surface area contributed by atoms with E-state index in [2.05, 4.69) is 14.8 Å². The van der Waals surface area contributed by atoms with Crippen LogP contribution in [-0.2, 0) is 40.0 Å². The Kier molecular flexibility index (Phi) is 13.0. The number of benzene rings is 3. The minimum Gasteiger partial charge on any atom is -0.378 e. The van der Waals surface area contributed by atoms with Gasteiger partial charge in [0.25, 0.3) is 0 Å². The molecule has 0 radical (unpaired) electrons. The summed E-state index contributed by atoms with van der Waals surface area (Å²) in [5.41, 5.74) is 3.57. The summed E-state index contributed by atoms with van der Waals surface area (Å²) in [6, 6.07) is 25.2. The van der Waals surface area contributed by atoms with Crippen molar-refractivity contribution in [2.24, 2.45) is 0 Å². The highest BCUT2D eigenvalue weighted by Crippen LogP contribution is 2.29. The van der Waals surface area contributed by atoms with Crippen molar-refractivity contribution >= 4 is 23.6 Å². The van der Waals surface area contributed by atoms with E-state index in [0.29, 0.717) is 38.4 Å². The minimum atomic E-state index is -4.46. The van der Waals surface area contributed by atoms with Gasteiger partial charge in [-0.1, -0.05) is 54.6 Å². The van der Waals surface area contributed by atoms with Gasteiger partial charge in [-0.2, -0.15) is 13.2 Å². The van der Waals surface area contributed by atoms with Crippen molar-refractivity contribution in [3.63, 3.8) is 0 Å². The molecule has 1 fully saturated rings. The van der Waals surface area contributed by atoms with E-state index in [1.165, 1.54) is 24.3 Å². The Labute approximate surface area is 297 Å². The summed E-state index contributed by atoms with van der Waals surface area (Å²) in [4.78, 5) is 40.2. The Hall–Kier alpha value is -5.00. The zero-order valence-electron chi connectivity index (χ0n) is 29.0. The van der Waals surface area contributed by atoms with Crippen LogP contribution >= 0.6 is 0 Å². The Bertz CT molecular complexity index is 1710. The molecule has 8 nitrogen and oxygen atoms in total. The smallest absolute Gasteiger partial charge is 0.378 e. The van der Waals surface area contributed by atoms with Gasteiger partial charge < -0.3 is 24.3 Å². The Balaban J connectivity index is 1.41. The standard InChI is InChI=1S/C40H44F3N5O3/c1-45(29-34-18-20-44-21-19-34)22-23-46(2)39(50)37(28-32-6-4-3-5-7-32)48(30-33-10-15-36(16-11-33)47-24-26-51-27-25-47)38(49)17-12-31-8-13-35(14-9-31)40(41,42)43/h3-21,37H,22-30H2,1-2H3/t37-/m0/s1. The second-order valence-electron chi connectivity index (χ2n) is 12.7. The topological polar surface area (TPSA) is 69.2 Å². The molecule has 5 rings (SSSR count). The molecular formula is C40H44F3N5O3. The number of nitrogens with zero attached hydrogens (tertiary/aromatic N) is 5. The van der Waals surface area contributed by atoms with Gasteiger partial charge in [0, 0.05) is 76.9 Å². The van der Waals surface area contributed by atoms with E-state index >= 15 is 0 Å². The number of anilines is 1. The lowest BCUT2D eigenvalue weighted by molar-refractivity contribution is -0.143. The first kappa shape index (κ1) is 37.3. The molecule has 0 aliphatic carbocycles. The summed E-state index contributed by atoms with van der Waals surface area (Å²) in [7, 11) is 3.74. The molecule has 0 spiro atoms. The number of aromatic nitrogens is 1. The lowest BCUT2D eigenvalue weighted by atomic mass is 10.0. The Morgan fingerprint density at radius 1 is 0.824 bits per heavy atom. The van der Waals surface area contributed by atoms with Crippen LogP contribution in [0, 0.1) is 0 Å². The van der Waals surface area contributed by atoms with Gasteiger partial charge in [0.05, 0.1) is 18.8 Å². The molecule has 51 heavy (non-hydrogen) atoms. The van der Waals surface area contributed by atoms with Crippen LogP contribution in [0.5, 0.6) is 0 Å². The van der Waals surface area contributed by atoms with Crippen LogP contribution in [0.15, 0.2) is 109 Å². The molecule has 0 saturated carbocycles. The number of carbonyl (C=O) groups excluding carboxylic acids is 2. The van der Waals surface area contributed by atoms with Crippen molar-refractivity contribution in [2.45, 2.75) is 31.7 Å². The highest BCUT2D eigenvalue weighted by molar-refractivity contribution is 5.95. The van der Waals surface area contributed by atoms with Crippen molar-refractivity contribution in [1.82, 2.24) is 19.7 Å². The number of alkyl halides is 3. The highest BCUT2D eigenvalue weighted by atomic mass is 19.4. The zero-order chi connectivity index (χ0) is 36.2. The van der Waals surface area contributed by atoms with Crippen molar-refractivity contribution in [1.29, 1.82) is 0 Å². The lowest BCUT2D eigenvalue weighted by Crippen LogP contribution is -2.51. The monoisotopic (exact) mass is 699 g/mol. The fraction of sp³-hybridized carbons (Fsp3) is 0.325. The molecule has 11 heteroatoms. The maximum absolute atomic E-state index is 14.4. The molecule has 268 valence electrons. The molecule has 1 aliphatic heterocycles. The van der Waals surface area contributed by atoms with Crippen LogP contribution in [0.2, 0.25) is 0 Å². The van der Waals surface area contributed by atoms with Crippen molar-refractivity contribution in [2.75, 3.05) is 58.4 Å². The van der Waals surface area contributed by atoms with Gasteiger partial charge >= 0.3 is 6.18 Å². The van der Waals surface area contributed by atoms with E-state index < -0.39 is 23.7 Å². The molecule has 4 aromatic rings. The molecule has 0 unspecified atom stereocenters. The number of rotatable bonds is 14. The number of morpholine rings is 1. The molecule has 1 aliphatic rings. The summed E-state index contributed by atoms with van der Waals surface area (Å²) >= 11 is 0. The first-order valence-corrected chi connectivity index (χ1v) is 17.0. The summed E-state index contributed by atoms with van der Waals surface area (Å²) in [5.74, 6) is -0.637. The number of likely N-dealkylation sites (N-methyl/N-ethyl adjacent to an activating group) is 2. The van der Waals surface area contributed by atoms with E-state index in [-0.39, 0.29) is 18.9 Å². The quantitative estimate of drug-likeness (QED) is 0.147. The Morgan fingerprint density at radius 3 is 2.12 bits per heavy atom. The van der Waals surface area contributed by atoms with Crippen molar-refractivity contribution in [3.8, 4) is 0 Å². The SMILES string of the molecule is CN(CCN(C)C(=O)[C@H](Cc1ccccc1)N(Cc1ccc(N2CCOCC2)cc1)C(=O)C=Cc1ccc(C(F)(F)F)cc1)Cc1ccncc1. The third-order valence-corrected chi connectivity index (χ3v) is 8.93. The average Bonchev–Trinajstić information content (AvgIpc) is 3.15. The number of ether oxygens (including phenoxy) is 1. The highest BCUT2D eigenvalue weighted by Gasteiger charge is 2.32. The molecule has 1 aromatic heterocycles. The first-order chi connectivity index (χ1) is 24.6. The molecule has 2 heterocycles. The number of halogens is 3. The predicted octanol–water partition coefficient (Wildman–Crippen LogP) is 6.18. The second-order valence-corrected chi connectivity index (χ2v) is 12.7. The molecule has 2 amide bonds. The second kappa shape index (κ2) is 17.8. The maximum Gasteiger partial charge on any atom is 0.416 e. The van der Waals surface area contributed by atoms with E-state index in [1.807, 2.05) is 73.8 Å². The van der Waals surface area contributed by atoms with Crippen LogP contribution in [0.4, 0.5) is 18.9 Å². The third kappa shape index (κ3) is 11.0. The third-order valence-electron chi connectivity index (χ3n) is 8.93. The van der Waals surface area contributed by atoms with Crippen LogP contribution in [-0.4, -0.2) is 91.0 Å².